The van der Waals surface area contributed by atoms with E-state index < -0.39 is 0 Å². The second kappa shape index (κ2) is 9.84. The summed E-state index contributed by atoms with van der Waals surface area (Å²) in [5.41, 5.74) is 3.87. The molecule has 0 radical (unpaired) electrons. The quantitative estimate of drug-likeness (QED) is 0.292. The van der Waals surface area contributed by atoms with Crippen LogP contribution >= 0.6 is 0 Å². The van der Waals surface area contributed by atoms with Gasteiger partial charge in [0.15, 0.2) is 0 Å². The third-order valence-electron chi connectivity index (χ3n) is 5.00. The predicted molar refractivity (Wildman–Crippen MR) is 122 cm³/mol. The number of para-hydroxylation sites is 1. The van der Waals surface area contributed by atoms with Gasteiger partial charge in [0.2, 0.25) is 0 Å². The number of aromatic nitrogens is 1. The highest BCUT2D eigenvalue weighted by molar-refractivity contribution is 6.09. The SMILES string of the molecule is C=CCCN(CC/C=C/O/C=C/C)c1ccc2c(c1)c1ccccc1n2CC. The molecule has 0 spiro atoms. The molecule has 28 heavy (non-hydrogen) atoms. The third kappa shape index (κ3) is 4.30. The van der Waals surface area contributed by atoms with Gasteiger partial charge in [0.25, 0.3) is 0 Å². The molecule has 3 aromatic rings. The molecule has 3 rings (SSSR count). The van der Waals surface area contributed by atoms with Crippen molar-refractivity contribution in [3.63, 3.8) is 0 Å². The molecule has 0 aliphatic rings. The number of ether oxygens (including phenoxy) is 1. The van der Waals surface area contributed by atoms with Crippen LogP contribution < -0.4 is 4.90 Å². The molecule has 3 heteroatoms. The van der Waals surface area contributed by atoms with E-state index >= 15 is 0 Å². The van der Waals surface area contributed by atoms with Gasteiger partial charge in [-0.1, -0.05) is 30.4 Å². The summed E-state index contributed by atoms with van der Waals surface area (Å²) in [6.07, 6.45) is 11.3. The summed E-state index contributed by atoms with van der Waals surface area (Å²) in [6, 6.07) is 15.5. The lowest BCUT2D eigenvalue weighted by Gasteiger charge is -2.24. The maximum atomic E-state index is 5.27. The summed E-state index contributed by atoms with van der Waals surface area (Å²) >= 11 is 0. The number of hydrogen-bond donors (Lipinski definition) is 0. The molecule has 2 aromatic carbocycles. The van der Waals surface area contributed by atoms with Gasteiger partial charge in [0.1, 0.15) is 0 Å². The van der Waals surface area contributed by atoms with E-state index in [1.807, 2.05) is 19.1 Å². The Morgan fingerprint density at radius 1 is 1.00 bits per heavy atom. The van der Waals surface area contributed by atoms with Crippen molar-refractivity contribution in [2.45, 2.75) is 33.2 Å². The Labute approximate surface area is 168 Å². The maximum absolute atomic E-state index is 5.27. The van der Waals surface area contributed by atoms with Crippen molar-refractivity contribution >= 4 is 27.5 Å². The minimum absolute atomic E-state index is 0.934. The van der Waals surface area contributed by atoms with Crippen molar-refractivity contribution in [2.24, 2.45) is 0 Å². The zero-order valence-corrected chi connectivity index (χ0v) is 17.0. The minimum Gasteiger partial charge on any atom is -0.473 e. The first kappa shape index (κ1) is 19.8. The molecule has 0 N–H and O–H groups in total. The van der Waals surface area contributed by atoms with Gasteiger partial charge in [-0.05, 0) is 57.0 Å². The summed E-state index contributed by atoms with van der Waals surface area (Å²) in [5, 5.41) is 2.65. The van der Waals surface area contributed by atoms with Crippen molar-refractivity contribution < 1.29 is 4.74 Å². The number of allylic oxidation sites excluding steroid dienone is 1. The number of aryl methyl sites for hydroxylation is 1. The van der Waals surface area contributed by atoms with Crippen molar-refractivity contribution in [3.8, 4) is 0 Å². The molecule has 0 amide bonds. The van der Waals surface area contributed by atoms with Crippen molar-refractivity contribution in [2.75, 3.05) is 18.0 Å². The highest BCUT2D eigenvalue weighted by Gasteiger charge is 2.12. The van der Waals surface area contributed by atoms with Crippen LogP contribution in [0.3, 0.4) is 0 Å². The fourth-order valence-electron chi connectivity index (χ4n) is 3.67. The number of fused-ring (bicyclic) bond motifs is 3. The normalized spacial score (nSPS) is 11.8. The van der Waals surface area contributed by atoms with Crippen LogP contribution in [0.15, 0.2) is 79.8 Å². The summed E-state index contributed by atoms with van der Waals surface area (Å²) in [5.74, 6) is 0. The van der Waals surface area contributed by atoms with Crippen LogP contribution in [0.2, 0.25) is 0 Å². The predicted octanol–water partition coefficient (Wildman–Crippen LogP) is 6.65. The molecule has 146 valence electrons. The van der Waals surface area contributed by atoms with Crippen LogP contribution in [-0.2, 0) is 11.3 Å². The van der Waals surface area contributed by atoms with Gasteiger partial charge in [-0.25, -0.2) is 0 Å². The molecular formula is C25H30N2O. The number of nitrogens with zero attached hydrogens (tertiary/aromatic N) is 2. The van der Waals surface area contributed by atoms with E-state index in [4.69, 9.17) is 4.74 Å². The van der Waals surface area contributed by atoms with Gasteiger partial charge in [0, 0.05) is 47.1 Å². The third-order valence-corrected chi connectivity index (χ3v) is 5.00. The minimum atomic E-state index is 0.934. The molecule has 0 aliphatic carbocycles. The Morgan fingerprint density at radius 3 is 2.57 bits per heavy atom. The van der Waals surface area contributed by atoms with Gasteiger partial charge < -0.3 is 14.2 Å². The molecule has 0 fully saturated rings. The van der Waals surface area contributed by atoms with E-state index in [1.54, 1.807) is 12.5 Å². The van der Waals surface area contributed by atoms with E-state index in [0.29, 0.717) is 0 Å². The average molecular weight is 375 g/mol. The summed E-state index contributed by atoms with van der Waals surface area (Å²) in [7, 11) is 0. The Bertz CT molecular complexity index is 981. The smallest absolute Gasteiger partial charge is 0.0862 e. The summed E-state index contributed by atoms with van der Waals surface area (Å²) in [4.78, 5) is 2.43. The molecule has 0 saturated carbocycles. The average Bonchev–Trinajstić information content (AvgIpc) is 3.05. The molecule has 1 aromatic heterocycles. The van der Waals surface area contributed by atoms with Crippen LogP contribution in [-0.4, -0.2) is 17.7 Å². The second-order valence-corrected chi connectivity index (χ2v) is 6.79. The number of benzene rings is 2. The fourth-order valence-corrected chi connectivity index (χ4v) is 3.67. The van der Waals surface area contributed by atoms with Crippen LogP contribution in [0.25, 0.3) is 21.8 Å². The number of anilines is 1. The Kier molecular flexibility index (Phi) is 6.96. The van der Waals surface area contributed by atoms with Crippen LogP contribution in [0.4, 0.5) is 5.69 Å². The largest absolute Gasteiger partial charge is 0.473 e. The highest BCUT2D eigenvalue weighted by atomic mass is 16.5. The first-order valence-electron chi connectivity index (χ1n) is 10.1. The van der Waals surface area contributed by atoms with Gasteiger partial charge in [0.05, 0.1) is 12.5 Å². The Balaban J connectivity index is 1.90. The van der Waals surface area contributed by atoms with E-state index in [-0.39, 0.29) is 0 Å². The molecule has 1 heterocycles. The van der Waals surface area contributed by atoms with Gasteiger partial charge in [-0.3, -0.25) is 0 Å². The van der Waals surface area contributed by atoms with Crippen molar-refractivity contribution in [3.05, 3.63) is 79.8 Å². The molecule has 0 unspecified atom stereocenters. The van der Waals surface area contributed by atoms with Crippen molar-refractivity contribution in [1.29, 1.82) is 0 Å². The lowest BCUT2D eigenvalue weighted by molar-refractivity contribution is 0.400. The molecule has 0 bridgehead atoms. The van der Waals surface area contributed by atoms with E-state index in [1.165, 1.54) is 27.5 Å². The van der Waals surface area contributed by atoms with Crippen LogP contribution in [0.5, 0.6) is 0 Å². The van der Waals surface area contributed by atoms with Crippen LogP contribution in [0.1, 0.15) is 26.7 Å². The first-order chi connectivity index (χ1) is 13.8. The van der Waals surface area contributed by atoms with Crippen molar-refractivity contribution in [1.82, 2.24) is 4.57 Å². The molecule has 3 nitrogen and oxygen atoms in total. The number of hydrogen-bond acceptors (Lipinski definition) is 2. The standard InChI is InChI=1S/C25H30N2O/c1-4-7-16-26(17-10-11-19-28-18-5-2)21-14-15-25-23(20-21)22-12-8-9-13-24(22)27(25)6-3/h4-5,8-9,11-15,18-20H,1,6-7,10,16-17H2,2-3H3/b18-5+,19-11+. The van der Waals surface area contributed by atoms with Gasteiger partial charge in [-0.2, -0.15) is 0 Å². The van der Waals surface area contributed by atoms with E-state index in [0.717, 1.165) is 32.5 Å². The zero-order chi connectivity index (χ0) is 19.8. The molecular weight excluding hydrogens is 344 g/mol. The first-order valence-corrected chi connectivity index (χ1v) is 10.1. The topological polar surface area (TPSA) is 17.4 Å². The van der Waals surface area contributed by atoms with Gasteiger partial charge >= 0.3 is 0 Å². The lowest BCUT2D eigenvalue weighted by Crippen LogP contribution is -2.25. The molecule has 0 saturated heterocycles. The lowest BCUT2D eigenvalue weighted by atomic mass is 10.1. The summed E-state index contributed by atoms with van der Waals surface area (Å²) < 4.78 is 7.67. The highest BCUT2D eigenvalue weighted by Crippen LogP contribution is 2.32. The summed E-state index contributed by atoms with van der Waals surface area (Å²) in [6.45, 7) is 10.9. The molecule has 0 atom stereocenters. The maximum Gasteiger partial charge on any atom is 0.0862 e. The Hall–Kier alpha value is -2.94. The Morgan fingerprint density at radius 2 is 1.79 bits per heavy atom. The monoisotopic (exact) mass is 374 g/mol. The van der Waals surface area contributed by atoms with E-state index in [9.17, 15) is 0 Å². The second-order valence-electron chi connectivity index (χ2n) is 6.79. The van der Waals surface area contributed by atoms with Gasteiger partial charge in [-0.15, -0.1) is 6.58 Å². The van der Waals surface area contributed by atoms with Crippen LogP contribution in [0, 0.1) is 0 Å². The fraction of sp³-hybridized carbons (Fsp3) is 0.280. The zero-order valence-electron chi connectivity index (χ0n) is 17.0. The van der Waals surface area contributed by atoms with E-state index in [2.05, 4.69) is 71.5 Å². The number of rotatable bonds is 10. The molecule has 0 aliphatic heterocycles.